The molecular weight excluding hydrogens is 267 g/mol. The summed E-state index contributed by atoms with van der Waals surface area (Å²) in [5.74, 6) is 0.127. The average molecular weight is 286 g/mol. The van der Waals surface area contributed by atoms with Crippen LogP contribution in [0.2, 0.25) is 0 Å². The van der Waals surface area contributed by atoms with E-state index in [1.165, 1.54) is 18.6 Å². The van der Waals surface area contributed by atoms with E-state index < -0.39 is 15.8 Å². The van der Waals surface area contributed by atoms with Gasteiger partial charge in [0.15, 0.2) is 0 Å². The Morgan fingerprint density at radius 1 is 1.32 bits per heavy atom. The summed E-state index contributed by atoms with van der Waals surface area (Å²) < 4.78 is 38.0. The summed E-state index contributed by atoms with van der Waals surface area (Å²) in [4.78, 5) is 0. The molecule has 2 atom stereocenters. The van der Waals surface area contributed by atoms with Gasteiger partial charge in [0.2, 0.25) is 10.0 Å². The number of hydrogen-bond donors (Lipinski definition) is 2. The zero-order valence-electron chi connectivity index (χ0n) is 11.1. The van der Waals surface area contributed by atoms with Crippen LogP contribution in [0.4, 0.5) is 15.8 Å². The van der Waals surface area contributed by atoms with E-state index in [1.807, 2.05) is 0 Å². The standard InChI is InChI=1S/C13H19FN2O2S/c1-9-3-4-10(7-9)15-11-5-6-12(14)13(8-11)16-19(2,17)18/h5-6,8-10,15-16H,3-4,7H2,1-2H3. The molecular formula is C13H19FN2O2S. The molecule has 2 N–H and O–H groups in total. The Hall–Kier alpha value is -1.30. The van der Waals surface area contributed by atoms with Crippen LogP contribution in [0.25, 0.3) is 0 Å². The van der Waals surface area contributed by atoms with E-state index in [0.717, 1.165) is 24.8 Å². The topological polar surface area (TPSA) is 58.2 Å². The number of benzene rings is 1. The quantitative estimate of drug-likeness (QED) is 0.895. The van der Waals surface area contributed by atoms with Crippen LogP contribution < -0.4 is 10.0 Å². The first-order chi connectivity index (χ1) is 8.83. The number of halogens is 1. The van der Waals surface area contributed by atoms with Gasteiger partial charge in [-0.1, -0.05) is 6.92 Å². The molecule has 0 aliphatic heterocycles. The van der Waals surface area contributed by atoms with Gasteiger partial charge in [-0.25, -0.2) is 12.8 Å². The second-order valence-electron chi connectivity index (χ2n) is 5.33. The van der Waals surface area contributed by atoms with Gasteiger partial charge in [0.25, 0.3) is 0 Å². The molecule has 0 heterocycles. The van der Waals surface area contributed by atoms with Gasteiger partial charge in [-0.15, -0.1) is 0 Å². The molecule has 4 nitrogen and oxygen atoms in total. The lowest BCUT2D eigenvalue weighted by Gasteiger charge is -2.15. The van der Waals surface area contributed by atoms with Crippen molar-refractivity contribution < 1.29 is 12.8 Å². The highest BCUT2D eigenvalue weighted by Crippen LogP contribution is 2.29. The Morgan fingerprint density at radius 2 is 2.05 bits per heavy atom. The Balaban J connectivity index is 2.12. The molecule has 6 heteroatoms. The largest absolute Gasteiger partial charge is 0.382 e. The van der Waals surface area contributed by atoms with Gasteiger partial charge in [0.1, 0.15) is 5.82 Å². The minimum Gasteiger partial charge on any atom is -0.382 e. The molecule has 2 rings (SSSR count). The highest BCUT2D eigenvalue weighted by atomic mass is 32.2. The van der Waals surface area contributed by atoms with E-state index in [0.29, 0.717) is 12.0 Å². The van der Waals surface area contributed by atoms with Gasteiger partial charge < -0.3 is 5.32 Å². The van der Waals surface area contributed by atoms with Crippen LogP contribution in [0.5, 0.6) is 0 Å². The summed E-state index contributed by atoms with van der Waals surface area (Å²) in [5, 5.41) is 3.32. The third kappa shape index (κ3) is 4.09. The fraction of sp³-hybridized carbons (Fsp3) is 0.538. The summed E-state index contributed by atoms with van der Waals surface area (Å²) in [6.45, 7) is 2.21. The molecule has 0 aromatic heterocycles. The molecule has 0 saturated heterocycles. The molecule has 0 amide bonds. The van der Waals surface area contributed by atoms with Crippen LogP contribution in [0, 0.1) is 11.7 Å². The van der Waals surface area contributed by atoms with Crippen molar-refractivity contribution in [3.8, 4) is 0 Å². The van der Waals surface area contributed by atoms with E-state index in [-0.39, 0.29) is 5.69 Å². The summed E-state index contributed by atoms with van der Waals surface area (Å²) in [6.07, 6.45) is 4.37. The smallest absolute Gasteiger partial charge is 0.229 e. The summed E-state index contributed by atoms with van der Waals surface area (Å²) >= 11 is 0. The lowest BCUT2D eigenvalue weighted by Crippen LogP contribution is -2.16. The molecule has 106 valence electrons. The predicted octanol–water partition coefficient (Wildman–Crippen LogP) is 2.80. The number of sulfonamides is 1. The maximum Gasteiger partial charge on any atom is 0.229 e. The minimum atomic E-state index is -3.47. The molecule has 0 radical (unpaired) electrons. The SMILES string of the molecule is CC1CCC(Nc2ccc(F)c(NS(C)(=O)=O)c2)C1. The molecule has 2 unspecified atom stereocenters. The van der Waals surface area contributed by atoms with Crippen molar-refractivity contribution in [1.82, 2.24) is 0 Å². The molecule has 0 spiro atoms. The lowest BCUT2D eigenvalue weighted by molar-refractivity contribution is 0.602. The first-order valence-corrected chi connectivity index (χ1v) is 8.26. The first kappa shape index (κ1) is 14.1. The van der Waals surface area contributed by atoms with Crippen LogP contribution >= 0.6 is 0 Å². The maximum absolute atomic E-state index is 13.5. The van der Waals surface area contributed by atoms with E-state index >= 15 is 0 Å². The Kier molecular flexibility index (Phi) is 3.99. The Bertz CT molecular complexity index is 560. The lowest BCUT2D eigenvalue weighted by atomic mass is 10.1. The van der Waals surface area contributed by atoms with Crippen molar-refractivity contribution in [2.24, 2.45) is 5.92 Å². The van der Waals surface area contributed by atoms with Gasteiger partial charge in [-0.3, -0.25) is 4.72 Å². The predicted molar refractivity (Wildman–Crippen MR) is 75.3 cm³/mol. The minimum absolute atomic E-state index is 0.0152. The van der Waals surface area contributed by atoms with E-state index in [1.54, 1.807) is 6.07 Å². The zero-order valence-corrected chi connectivity index (χ0v) is 11.9. The monoisotopic (exact) mass is 286 g/mol. The molecule has 1 aliphatic rings. The van der Waals surface area contributed by atoms with Crippen molar-refractivity contribution in [2.75, 3.05) is 16.3 Å². The fourth-order valence-corrected chi connectivity index (χ4v) is 3.02. The van der Waals surface area contributed by atoms with Gasteiger partial charge in [-0.2, -0.15) is 0 Å². The van der Waals surface area contributed by atoms with Crippen LogP contribution in [-0.2, 0) is 10.0 Å². The van der Waals surface area contributed by atoms with Crippen molar-refractivity contribution in [1.29, 1.82) is 0 Å². The van der Waals surface area contributed by atoms with E-state index in [9.17, 15) is 12.8 Å². The molecule has 1 fully saturated rings. The third-order valence-corrected chi connectivity index (χ3v) is 3.92. The van der Waals surface area contributed by atoms with Gasteiger partial charge >= 0.3 is 0 Å². The van der Waals surface area contributed by atoms with Crippen LogP contribution in [0.1, 0.15) is 26.2 Å². The maximum atomic E-state index is 13.5. The summed E-state index contributed by atoms with van der Waals surface area (Å²) in [7, 11) is -3.47. The molecule has 1 aromatic rings. The Morgan fingerprint density at radius 3 is 2.63 bits per heavy atom. The second-order valence-corrected chi connectivity index (χ2v) is 7.08. The zero-order chi connectivity index (χ0) is 14.0. The molecule has 0 bridgehead atoms. The fourth-order valence-electron chi connectivity index (χ4n) is 2.47. The third-order valence-electron chi connectivity index (χ3n) is 3.33. The second kappa shape index (κ2) is 5.36. The van der Waals surface area contributed by atoms with Crippen LogP contribution in [0.15, 0.2) is 18.2 Å². The number of nitrogens with one attached hydrogen (secondary N) is 2. The first-order valence-electron chi connectivity index (χ1n) is 6.37. The van der Waals surface area contributed by atoms with E-state index in [4.69, 9.17) is 0 Å². The number of anilines is 2. The molecule has 19 heavy (non-hydrogen) atoms. The number of rotatable bonds is 4. The van der Waals surface area contributed by atoms with Crippen molar-refractivity contribution >= 4 is 21.4 Å². The highest BCUT2D eigenvalue weighted by molar-refractivity contribution is 7.92. The molecule has 1 saturated carbocycles. The van der Waals surface area contributed by atoms with Gasteiger partial charge in [0, 0.05) is 11.7 Å². The van der Waals surface area contributed by atoms with Crippen molar-refractivity contribution in [2.45, 2.75) is 32.2 Å². The highest BCUT2D eigenvalue weighted by Gasteiger charge is 2.21. The van der Waals surface area contributed by atoms with Crippen LogP contribution in [-0.4, -0.2) is 20.7 Å². The molecule has 1 aromatic carbocycles. The average Bonchev–Trinajstić information content (AvgIpc) is 2.67. The normalized spacial score (nSPS) is 23.3. The van der Waals surface area contributed by atoms with Crippen molar-refractivity contribution in [3.63, 3.8) is 0 Å². The number of hydrogen-bond acceptors (Lipinski definition) is 3. The van der Waals surface area contributed by atoms with Gasteiger partial charge in [-0.05, 0) is 43.4 Å². The molecule has 1 aliphatic carbocycles. The van der Waals surface area contributed by atoms with Gasteiger partial charge in [0.05, 0.1) is 11.9 Å². The van der Waals surface area contributed by atoms with E-state index in [2.05, 4.69) is 17.0 Å². The van der Waals surface area contributed by atoms with Crippen molar-refractivity contribution in [3.05, 3.63) is 24.0 Å². The Labute approximate surface area is 113 Å². The van der Waals surface area contributed by atoms with Crippen LogP contribution in [0.3, 0.4) is 0 Å². The summed E-state index contributed by atoms with van der Waals surface area (Å²) in [6, 6.07) is 4.78. The summed E-state index contributed by atoms with van der Waals surface area (Å²) in [5.41, 5.74) is 0.727.